The summed E-state index contributed by atoms with van der Waals surface area (Å²) >= 11 is 0. The molecule has 104 valence electrons. The van der Waals surface area contributed by atoms with Crippen LogP contribution in [0, 0.1) is 5.82 Å². The van der Waals surface area contributed by atoms with Gasteiger partial charge in [-0.1, -0.05) is 18.2 Å². The zero-order chi connectivity index (χ0) is 14.8. The lowest BCUT2D eigenvalue weighted by atomic mass is 10.1. The van der Waals surface area contributed by atoms with E-state index in [1.54, 1.807) is 24.3 Å². The van der Waals surface area contributed by atoms with Crippen LogP contribution in [0.1, 0.15) is 10.4 Å². The van der Waals surface area contributed by atoms with Crippen LogP contribution in [0.4, 0.5) is 10.1 Å². The van der Waals surface area contributed by atoms with Crippen LogP contribution in [0.25, 0.3) is 10.9 Å². The molecule has 0 spiro atoms. The van der Waals surface area contributed by atoms with E-state index in [2.05, 4.69) is 10.3 Å². The van der Waals surface area contributed by atoms with Gasteiger partial charge < -0.3 is 10.3 Å². The highest BCUT2D eigenvalue weighted by Crippen LogP contribution is 2.16. The molecular weight excluding hydrogens is 271 g/mol. The summed E-state index contributed by atoms with van der Waals surface area (Å²) in [5.74, 6) is -0.793. The minimum Gasteiger partial charge on any atom is -0.322 e. The van der Waals surface area contributed by atoms with Gasteiger partial charge in [-0.25, -0.2) is 4.39 Å². The van der Waals surface area contributed by atoms with Crippen LogP contribution < -0.4 is 10.9 Å². The summed E-state index contributed by atoms with van der Waals surface area (Å²) in [6.45, 7) is 0. The molecule has 1 aromatic heterocycles. The number of nitrogens with one attached hydrogen (secondary N) is 2. The Balaban J connectivity index is 2.01. The van der Waals surface area contributed by atoms with E-state index in [9.17, 15) is 14.0 Å². The Morgan fingerprint density at radius 2 is 1.76 bits per heavy atom. The molecule has 0 aliphatic carbocycles. The van der Waals surface area contributed by atoms with Crippen molar-refractivity contribution in [3.8, 4) is 0 Å². The molecule has 0 bridgehead atoms. The lowest BCUT2D eigenvalue weighted by molar-refractivity contribution is 0.102. The number of hydrogen-bond acceptors (Lipinski definition) is 2. The summed E-state index contributed by atoms with van der Waals surface area (Å²) in [6, 6.07) is 13.7. The molecule has 0 fully saturated rings. The average molecular weight is 282 g/mol. The van der Waals surface area contributed by atoms with Gasteiger partial charge in [0.05, 0.1) is 5.56 Å². The number of para-hydroxylation sites is 1. The van der Waals surface area contributed by atoms with Crippen molar-refractivity contribution in [3.05, 3.63) is 76.3 Å². The fourth-order valence-electron chi connectivity index (χ4n) is 2.12. The first-order valence-electron chi connectivity index (χ1n) is 6.32. The summed E-state index contributed by atoms with van der Waals surface area (Å²) in [7, 11) is 0. The van der Waals surface area contributed by atoms with Crippen molar-refractivity contribution >= 4 is 22.5 Å². The third-order valence-electron chi connectivity index (χ3n) is 3.10. The molecule has 1 amide bonds. The summed E-state index contributed by atoms with van der Waals surface area (Å²) in [5, 5.41) is 3.30. The average Bonchev–Trinajstić information content (AvgIpc) is 2.48. The van der Waals surface area contributed by atoms with E-state index in [1.807, 2.05) is 0 Å². The number of benzene rings is 2. The highest BCUT2D eigenvalue weighted by Gasteiger charge is 2.11. The van der Waals surface area contributed by atoms with Crippen LogP contribution in [0.5, 0.6) is 0 Å². The Kier molecular flexibility index (Phi) is 3.23. The molecule has 0 radical (unpaired) electrons. The molecule has 4 nitrogen and oxygen atoms in total. The van der Waals surface area contributed by atoms with Crippen molar-refractivity contribution in [2.24, 2.45) is 0 Å². The zero-order valence-corrected chi connectivity index (χ0v) is 10.9. The number of halogens is 1. The Morgan fingerprint density at radius 3 is 2.52 bits per heavy atom. The molecule has 0 aliphatic rings. The first-order chi connectivity index (χ1) is 10.1. The van der Waals surface area contributed by atoms with Crippen molar-refractivity contribution < 1.29 is 9.18 Å². The third kappa shape index (κ3) is 2.67. The molecule has 21 heavy (non-hydrogen) atoms. The van der Waals surface area contributed by atoms with E-state index >= 15 is 0 Å². The normalized spacial score (nSPS) is 10.5. The van der Waals surface area contributed by atoms with Gasteiger partial charge >= 0.3 is 0 Å². The SMILES string of the molecule is O=C(Nc1ccc(F)cc1)c1cc(=O)[nH]c2ccccc12. The summed E-state index contributed by atoms with van der Waals surface area (Å²) in [6.07, 6.45) is 0. The minimum absolute atomic E-state index is 0.277. The van der Waals surface area contributed by atoms with Crippen molar-refractivity contribution in [1.82, 2.24) is 4.98 Å². The van der Waals surface area contributed by atoms with Crippen molar-refractivity contribution in [1.29, 1.82) is 0 Å². The van der Waals surface area contributed by atoms with Crippen molar-refractivity contribution in [2.75, 3.05) is 5.32 Å². The van der Waals surface area contributed by atoms with Gasteiger partial charge in [0.1, 0.15) is 5.82 Å². The van der Waals surface area contributed by atoms with Gasteiger partial charge in [0, 0.05) is 22.7 Å². The van der Waals surface area contributed by atoms with Gasteiger partial charge in [-0.2, -0.15) is 0 Å². The topological polar surface area (TPSA) is 62.0 Å². The fraction of sp³-hybridized carbons (Fsp3) is 0. The Hall–Kier alpha value is -2.95. The second kappa shape index (κ2) is 5.20. The summed E-state index contributed by atoms with van der Waals surface area (Å²) in [4.78, 5) is 26.6. The fourth-order valence-corrected chi connectivity index (χ4v) is 2.12. The zero-order valence-electron chi connectivity index (χ0n) is 10.9. The number of anilines is 1. The number of fused-ring (bicyclic) bond motifs is 1. The Bertz CT molecular complexity index is 869. The van der Waals surface area contributed by atoms with E-state index in [4.69, 9.17) is 0 Å². The maximum atomic E-state index is 12.9. The number of hydrogen-bond donors (Lipinski definition) is 2. The van der Waals surface area contributed by atoms with Crippen LogP contribution in [0.15, 0.2) is 59.4 Å². The van der Waals surface area contributed by atoms with Gasteiger partial charge in [-0.3, -0.25) is 9.59 Å². The van der Waals surface area contributed by atoms with Crippen LogP contribution in [0.3, 0.4) is 0 Å². The molecule has 2 N–H and O–H groups in total. The van der Waals surface area contributed by atoms with Crippen LogP contribution in [-0.2, 0) is 0 Å². The molecule has 0 unspecified atom stereocenters. The van der Waals surface area contributed by atoms with Crippen LogP contribution >= 0.6 is 0 Å². The number of amides is 1. The van der Waals surface area contributed by atoms with Crippen molar-refractivity contribution in [2.45, 2.75) is 0 Å². The van der Waals surface area contributed by atoms with Crippen LogP contribution in [-0.4, -0.2) is 10.9 Å². The van der Waals surface area contributed by atoms with Gasteiger partial charge in [-0.05, 0) is 30.3 Å². The Morgan fingerprint density at radius 1 is 1.05 bits per heavy atom. The van der Waals surface area contributed by atoms with E-state index in [0.717, 1.165) is 0 Å². The quantitative estimate of drug-likeness (QED) is 0.759. The molecule has 0 saturated heterocycles. The van der Waals surface area contributed by atoms with E-state index in [1.165, 1.54) is 30.3 Å². The second-order valence-corrected chi connectivity index (χ2v) is 4.55. The van der Waals surface area contributed by atoms with Crippen molar-refractivity contribution in [3.63, 3.8) is 0 Å². The monoisotopic (exact) mass is 282 g/mol. The molecule has 0 atom stereocenters. The molecule has 3 aromatic rings. The van der Waals surface area contributed by atoms with Gasteiger partial charge in [0.2, 0.25) is 5.56 Å². The smallest absolute Gasteiger partial charge is 0.256 e. The number of carbonyl (C=O) groups excluding carboxylic acids is 1. The highest BCUT2D eigenvalue weighted by atomic mass is 19.1. The first-order valence-corrected chi connectivity index (χ1v) is 6.32. The van der Waals surface area contributed by atoms with Gasteiger partial charge in [0.15, 0.2) is 0 Å². The maximum absolute atomic E-state index is 12.9. The highest BCUT2D eigenvalue weighted by molar-refractivity contribution is 6.12. The van der Waals surface area contributed by atoms with E-state index in [-0.39, 0.29) is 16.9 Å². The standard InChI is InChI=1S/C16H11FN2O2/c17-10-5-7-11(8-6-10)18-16(21)13-9-15(20)19-14-4-2-1-3-12(13)14/h1-9H,(H,18,21)(H,19,20). The second-order valence-electron chi connectivity index (χ2n) is 4.55. The molecule has 0 aliphatic heterocycles. The molecule has 5 heteroatoms. The molecule has 0 saturated carbocycles. The summed E-state index contributed by atoms with van der Waals surface area (Å²) < 4.78 is 12.9. The van der Waals surface area contributed by atoms with E-state index in [0.29, 0.717) is 16.6 Å². The lowest BCUT2D eigenvalue weighted by Gasteiger charge is -2.07. The molecule has 1 heterocycles. The molecule has 2 aromatic carbocycles. The van der Waals surface area contributed by atoms with Gasteiger partial charge in [-0.15, -0.1) is 0 Å². The number of carbonyl (C=O) groups is 1. The number of rotatable bonds is 2. The number of pyridine rings is 1. The minimum atomic E-state index is -0.413. The number of aromatic nitrogens is 1. The number of H-pyrrole nitrogens is 1. The molecular formula is C16H11FN2O2. The number of aromatic amines is 1. The van der Waals surface area contributed by atoms with Gasteiger partial charge in [0.25, 0.3) is 5.91 Å². The lowest BCUT2D eigenvalue weighted by Crippen LogP contribution is -2.16. The largest absolute Gasteiger partial charge is 0.322 e. The maximum Gasteiger partial charge on any atom is 0.256 e. The predicted molar refractivity (Wildman–Crippen MR) is 78.9 cm³/mol. The predicted octanol–water partition coefficient (Wildman–Crippen LogP) is 2.92. The first kappa shape index (κ1) is 13.1. The molecule has 3 rings (SSSR count). The third-order valence-corrected chi connectivity index (χ3v) is 3.10. The van der Waals surface area contributed by atoms with E-state index < -0.39 is 5.91 Å². The van der Waals surface area contributed by atoms with Crippen LogP contribution in [0.2, 0.25) is 0 Å². The summed E-state index contributed by atoms with van der Waals surface area (Å²) in [5.41, 5.74) is 0.983. The Labute approximate surface area is 119 Å².